The zero-order valence-electron chi connectivity index (χ0n) is 13.8. The monoisotopic (exact) mass is 315 g/mol. The van der Waals surface area contributed by atoms with Crippen molar-refractivity contribution in [2.24, 2.45) is 7.05 Å². The number of benzene rings is 1. The summed E-state index contributed by atoms with van der Waals surface area (Å²) in [6, 6.07) is 6.99. The van der Waals surface area contributed by atoms with E-state index in [4.69, 9.17) is 0 Å². The summed E-state index contributed by atoms with van der Waals surface area (Å²) in [4.78, 5) is 25.7. The number of carbonyl (C=O) groups is 2. The number of amides is 2. The van der Waals surface area contributed by atoms with E-state index in [0.717, 1.165) is 0 Å². The quantitative estimate of drug-likeness (QED) is 0.876. The minimum Gasteiger partial charge on any atom is -0.325 e. The number of hydrogen-bond acceptors (Lipinski definition) is 4. The van der Waals surface area contributed by atoms with Gasteiger partial charge in [0.15, 0.2) is 0 Å². The third kappa shape index (κ3) is 4.65. The van der Waals surface area contributed by atoms with Gasteiger partial charge < -0.3 is 15.5 Å². The summed E-state index contributed by atoms with van der Waals surface area (Å²) in [5, 5.41) is 9.75. The van der Waals surface area contributed by atoms with E-state index in [2.05, 4.69) is 15.7 Å². The van der Waals surface area contributed by atoms with Gasteiger partial charge in [-0.15, -0.1) is 0 Å². The first-order valence-corrected chi connectivity index (χ1v) is 7.21. The van der Waals surface area contributed by atoms with Gasteiger partial charge in [0.05, 0.1) is 17.8 Å². The summed E-state index contributed by atoms with van der Waals surface area (Å²) in [5.41, 5.74) is 2.56. The molecule has 2 rings (SSSR count). The molecule has 1 aromatic carbocycles. The van der Waals surface area contributed by atoms with Gasteiger partial charge in [-0.2, -0.15) is 5.10 Å². The number of nitrogens with zero attached hydrogens (tertiary/aromatic N) is 3. The van der Waals surface area contributed by atoms with Crippen molar-refractivity contribution in [3.63, 3.8) is 0 Å². The average molecular weight is 315 g/mol. The van der Waals surface area contributed by atoms with Crippen molar-refractivity contribution in [3.8, 4) is 0 Å². The third-order valence-electron chi connectivity index (χ3n) is 3.14. The zero-order chi connectivity index (χ0) is 17.0. The second kappa shape index (κ2) is 7.06. The molecule has 0 saturated carbocycles. The van der Waals surface area contributed by atoms with Crippen molar-refractivity contribution in [3.05, 3.63) is 41.7 Å². The third-order valence-corrected chi connectivity index (χ3v) is 3.14. The molecular formula is C16H21N5O2. The average Bonchev–Trinajstić information content (AvgIpc) is 2.79. The highest BCUT2D eigenvalue weighted by Gasteiger charge is 2.12. The van der Waals surface area contributed by atoms with Gasteiger partial charge in [-0.3, -0.25) is 14.3 Å². The Kier molecular flexibility index (Phi) is 5.13. The van der Waals surface area contributed by atoms with E-state index >= 15 is 0 Å². The van der Waals surface area contributed by atoms with E-state index in [9.17, 15) is 9.59 Å². The molecule has 0 fully saturated rings. The maximum atomic E-state index is 12.2. The second-order valence-corrected chi connectivity index (χ2v) is 5.62. The predicted molar refractivity (Wildman–Crippen MR) is 89.5 cm³/mol. The summed E-state index contributed by atoms with van der Waals surface area (Å²) in [7, 11) is 5.44. The van der Waals surface area contributed by atoms with Gasteiger partial charge in [-0.25, -0.2) is 0 Å². The molecule has 0 saturated heterocycles. The summed E-state index contributed by atoms with van der Waals surface area (Å²) in [6.45, 7) is 2.11. The molecule has 0 atom stereocenters. The van der Waals surface area contributed by atoms with Gasteiger partial charge in [0.2, 0.25) is 5.91 Å². The van der Waals surface area contributed by atoms with Crippen molar-refractivity contribution in [1.29, 1.82) is 0 Å². The number of nitrogens with one attached hydrogen (secondary N) is 2. The lowest BCUT2D eigenvalue weighted by Crippen LogP contribution is -2.27. The topological polar surface area (TPSA) is 79.3 Å². The van der Waals surface area contributed by atoms with Gasteiger partial charge in [0, 0.05) is 24.6 Å². The summed E-state index contributed by atoms with van der Waals surface area (Å²) in [5.74, 6) is -0.294. The first kappa shape index (κ1) is 16.7. The van der Waals surface area contributed by atoms with Crippen LogP contribution in [0.5, 0.6) is 0 Å². The van der Waals surface area contributed by atoms with Crippen LogP contribution in [0.1, 0.15) is 16.1 Å². The van der Waals surface area contributed by atoms with Crippen molar-refractivity contribution in [1.82, 2.24) is 14.7 Å². The first-order valence-electron chi connectivity index (χ1n) is 7.21. The highest BCUT2D eigenvalue weighted by Crippen LogP contribution is 2.15. The van der Waals surface area contributed by atoms with Crippen LogP contribution in [0.3, 0.4) is 0 Å². The number of aryl methyl sites for hydroxylation is 2. The Morgan fingerprint density at radius 3 is 2.17 bits per heavy atom. The van der Waals surface area contributed by atoms with Crippen LogP contribution in [0.4, 0.5) is 11.4 Å². The first-order chi connectivity index (χ1) is 10.8. The Morgan fingerprint density at radius 1 is 1.13 bits per heavy atom. The Bertz CT molecular complexity index is 704. The Labute approximate surface area is 135 Å². The fraction of sp³-hybridized carbons (Fsp3) is 0.312. The predicted octanol–water partition coefficient (Wildman–Crippen LogP) is 1.48. The van der Waals surface area contributed by atoms with E-state index in [1.54, 1.807) is 54.0 Å². The fourth-order valence-corrected chi connectivity index (χ4v) is 2.15. The highest BCUT2D eigenvalue weighted by molar-refractivity contribution is 6.05. The lowest BCUT2D eigenvalue weighted by atomic mass is 10.2. The highest BCUT2D eigenvalue weighted by atomic mass is 16.2. The van der Waals surface area contributed by atoms with Crippen LogP contribution in [0.15, 0.2) is 30.5 Å². The molecule has 1 heterocycles. The van der Waals surface area contributed by atoms with Crippen LogP contribution in [0.2, 0.25) is 0 Å². The number of rotatable bonds is 5. The summed E-state index contributed by atoms with van der Waals surface area (Å²) in [6.07, 6.45) is 1.68. The van der Waals surface area contributed by atoms with Crippen LogP contribution in [-0.4, -0.2) is 47.1 Å². The molecule has 0 radical (unpaired) electrons. The minimum atomic E-state index is -0.208. The molecule has 7 nitrogen and oxygen atoms in total. The number of likely N-dealkylation sites (N-methyl/N-ethyl adjacent to an activating group) is 1. The van der Waals surface area contributed by atoms with Crippen molar-refractivity contribution in [2.75, 3.05) is 31.3 Å². The van der Waals surface area contributed by atoms with Crippen molar-refractivity contribution >= 4 is 23.2 Å². The number of hydrogen-bond donors (Lipinski definition) is 2. The zero-order valence-corrected chi connectivity index (χ0v) is 13.8. The Morgan fingerprint density at radius 2 is 1.70 bits per heavy atom. The molecular weight excluding hydrogens is 294 g/mol. The molecule has 122 valence electrons. The molecule has 1 aromatic heterocycles. The van der Waals surface area contributed by atoms with E-state index in [1.165, 1.54) is 0 Å². The molecule has 2 amide bonds. The van der Waals surface area contributed by atoms with E-state index in [-0.39, 0.29) is 11.8 Å². The largest absolute Gasteiger partial charge is 0.325 e. The maximum absolute atomic E-state index is 12.2. The molecule has 0 aliphatic rings. The number of aromatic nitrogens is 2. The molecule has 23 heavy (non-hydrogen) atoms. The van der Waals surface area contributed by atoms with Gasteiger partial charge in [-0.05, 0) is 45.3 Å². The van der Waals surface area contributed by atoms with Crippen molar-refractivity contribution in [2.45, 2.75) is 6.92 Å². The van der Waals surface area contributed by atoms with Crippen LogP contribution in [0.25, 0.3) is 0 Å². The van der Waals surface area contributed by atoms with E-state index in [1.807, 2.05) is 14.1 Å². The van der Waals surface area contributed by atoms with Gasteiger partial charge >= 0.3 is 0 Å². The molecule has 0 aliphatic heterocycles. The normalized spacial score (nSPS) is 10.7. The Balaban J connectivity index is 1.98. The number of carbonyl (C=O) groups excluding carboxylic acids is 2. The molecule has 7 heteroatoms. The van der Waals surface area contributed by atoms with Crippen molar-refractivity contribution < 1.29 is 9.59 Å². The maximum Gasteiger partial charge on any atom is 0.259 e. The lowest BCUT2D eigenvalue weighted by molar-refractivity contribution is -0.116. The van der Waals surface area contributed by atoms with E-state index in [0.29, 0.717) is 29.2 Å². The Hall–Kier alpha value is -2.67. The molecule has 0 aliphatic carbocycles. The van der Waals surface area contributed by atoms with Crippen LogP contribution >= 0.6 is 0 Å². The lowest BCUT2D eigenvalue weighted by Gasteiger charge is -2.10. The molecule has 0 bridgehead atoms. The smallest absolute Gasteiger partial charge is 0.259 e. The fourth-order valence-electron chi connectivity index (χ4n) is 2.15. The van der Waals surface area contributed by atoms with Crippen LogP contribution in [0, 0.1) is 6.92 Å². The molecule has 0 spiro atoms. The standard InChI is InChI=1S/C16H21N5O2/c1-11-14(9-21(4)19-11)16(23)18-13-7-5-12(6-8-13)17-15(22)10-20(2)3/h5-9H,10H2,1-4H3,(H,17,22)(H,18,23). The van der Waals surface area contributed by atoms with Gasteiger partial charge in [-0.1, -0.05) is 0 Å². The minimum absolute atomic E-state index is 0.0854. The van der Waals surface area contributed by atoms with Crippen LogP contribution in [-0.2, 0) is 11.8 Å². The van der Waals surface area contributed by atoms with Gasteiger partial charge in [0.25, 0.3) is 5.91 Å². The second-order valence-electron chi connectivity index (χ2n) is 5.62. The number of anilines is 2. The summed E-state index contributed by atoms with van der Waals surface area (Å²) >= 11 is 0. The summed E-state index contributed by atoms with van der Waals surface area (Å²) < 4.78 is 1.60. The van der Waals surface area contributed by atoms with Gasteiger partial charge in [0.1, 0.15) is 0 Å². The van der Waals surface area contributed by atoms with E-state index < -0.39 is 0 Å². The molecule has 2 N–H and O–H groups in total. The SMILES string of the molecule is Cc1nn(C)cc1C(=O)Nc1ccc(NC(=O)CN(C)C)cc1. The molecule has 0 unspecified atom stereocenters. The molecule has 2 aromatic rings. The van der Waals surface area contributed by atoms with Crippen LogP contribution < -0.4 is 10.6 Å².